The minimum atomic E-state index is -1.49. The van der Waals surface area contributed by atoms with Crippen LogP contribution in [-0.2, 0) is 71.6 Å². The summed E-state index contributed by atoms with van der Waals surface area (Å²) in [5.41, 5.74) is 0. The highest BCUT2D eigenvalue weighted by Crippen LogP contribution is 2.23. The number of aliphatic hydroxyl groups is 9. The van der Waals surface area contributed by atoms with Crippen LogP contribution in [0.5, 0.6) is 0 Å². The van der Waals surface area contributed by atoms with Crippen molar-refractivity contribution >= 4 is 53.2 Å². The predicted octanol–water partition coefficient (Wildman–Crippen LogP) is -2.82. The molecule has 0 spiro atoms. The van der Waals surface area contributed by atoms with Gasteiger partial charge in [0.1, 0.15) is 60.7 Å². The number of rotatable bonds is 58. The van der Waals surface area contributed by atoms with E-state index in [1.165, 1.54) is 34.6 Å². The molecule has 15 atom stereocenters. The van der Waals surface area contributed by atoms with E-state index in [0.717, 1.165) is 0 Å². The molecule has 10 unspecified atom stereocenters. The van der Waals surface area contributed by atoms with Crippen LogP contribution in [0.1, 0.15) is 183 Å². The van der Waals surface area contributed by atoms with E-state index in [9.17, 15) is 89.1 Å². The van der Waals surface area contributed by atoms with Crippen LogP contribution in [0.15, 0.2) is 0 Å². The van der Waals surface area contributed by atoms with Gasteiger partial charge >= 0.3 is 0 Å². The molecule has 1 heterocycles. The molecule has 33 nitrogen and oxygen atoms in total. The minimum absolute atomic E-state index is 0.00929. The lowest BCUT2D eigenvalue weighted by Crippen LogP contribution is -2.64. The number of carbonyl (C=O) groups excluding carboxylic acids is 9. The molecular formula is C64H119N9O24. The van der Waals surface area contributed by atoms with Gasteiger partial charge in [0.2, 0.25) is 53.2 Å². The van der Waals surface area contributed by atoms with Crippen LogP contribution in [0, 0.1) is 0 Å². The summed E-state index contributed by atoms with van der Waals surface area (Å²) in [6.07, 6.45) is -3.29. The molecule has 0 radical (unpaired) electrons. The van der Waals surface area contributed by atoms with Crippen LogP contribution in [0.2, 0.25) is 0 Å². The number of unbranched alkanes of at least 4 members (excludes halogenated alkanes) is 10. The van der Waals surface area contributed by atoms with Crippen molar-refractivity contribution in [1.82, 2.24) is 47.9 Å². The zero-order chi connectivity index (χ0) is 72.5. The lowest BCUT2D eigenvalue weighted by atomic mass is 9.97. The average molecular weight is 1400 g/mol. The van der Waals surface area contributed by atoms with E-state index in [4.69, 9.17) is 28.4 Å². The standard InChI is InChI=1S/C64H119N9O24/c1-7-65-53(84)26-12-8-18-32-68-60(90)46(24-16-19-30-66-54(85)27-13-9-21-33-92-62(48(36-74)69-43(4)81)95-50(38-76)41(2)79)73-61(91)47(72-56(87)29-15-11-23-35-94-64-57(71-45(6)83)59(89)58(88)52(40-78)97-64)25-17-20-31-67-55(86)28-14-10-22-34-93-63(49(37-75)70-44(5)82)96-51(39-77)42(3)80/h41-42,46-52,57-59,62-64,74-80,88-89H,7-40H2,1-6H3,(H,65,84)(H,66,85)(H,67,86)(H,68,90)(H,69,81)(H,70,82)(H,71,83)(H,72,87)(H,73,91)/t41-,42-,46?,47?,48+,49+,50?,51?,52?,57?,58?,59-,62?,63?,64?/m1/s1. The first kappa shape index (κ1) is 89.6. The van der Waals surface area contributed by atoms with Gasteiger partial charge < -0.3 is 122 Å². The van der Waals surface area contributed by atoms with Crippen LogP contribution in [0.25, 0.3) is 0 Å². The molecule has 564 valence electrons. The fraction of sp³-hybridized carbons (Fsp3) is 0.859. The zero-order valence-corrected chi connectivity index (χ0v) is 57.9. The largest absolute Gasteiger partial charge is 0.394 e. The van der Waals surface area contributed by atoms with E-state index in [0.29, 0.717) is 116 Å². The highest BCUT2D eigenvalue weighted by Gasteiger charge is 2.45. The maximum atomic E-state index is 14.3. The Bertz CT molecular complexity index is 2210. The van der Waals surface area contributed by atoms with Crippen LogP contribution < -0.4 is 47.9 Å². The normalized spacial score (nSPS) is 19.3. The van der Waals surface area contributed by atoms with Crippen molar-refractivity contribution in [2.75, 3.05) is 79.0 Å². The summed E-state index contributed by atoms with van der Waals surface area (Å²) >= 11 is 0. The molecule has 33 heteroatoms. The van der Waals surface area contributed by atoms with Crippen molar-refractivity contribution < 1.29 is 118 Å². The van der Waals surface area contributed by atoms with Gasteiger partial charge in [0.25, 0.3) is 0 Å². The van der Waals surface area contributed by atoms with Crippen LogP contribution in [-0.4, -0.2) is 270 Å². The first-order valence-electron chi connectivity index (χ1n) is 34.4. The Labute approximate surface area is 570 Å². The first-order valence-corrected chi connectivity index (χ1v) is 34.4. The second-order valence-electron chi connectivity index (χ2n) is 24.3. The van der Waals surface area contributed by atoms with Gasteiger partial charge in [-0.1, -0.05) is 25.7 Å². The highest BCUT2D eigenvalue weighted by molar-refractivity contribution is 5.92. The summed E-state index contributed by atoms with van der Waals surface area (Å²) in [7, 11) is 0. The average Bonchev–Trinajstić information content (AvgIpc) is 0.817. The van der Waals surface area contributed by atoms with Gasteiger partial charge in [-0.25, -0.2) is 0 Å². The Kier molecular flexibility index (Phi) is 50.3. The second kappa shape index (κ2) is 54.5. The summed E-state index contributed by atoms with van der Waals surface area (Å²) in [5, 5.41) is 114. The van der Waals surface area contributed by atoms with Gasteiger partial charge in [-0.3, -0.25) is 43.2 Å². The molecule has 0 aliphatic carbocycles. The fourth-order valence-electron chi connectivity index (χ4n) is 10.2. The van der Waals surface area contributed by atoms with E-state index in [-0.39, 0.29) is 89.3 Å². The Morgan fingerprint density at radius 1 is 0.454 bits per heavy atom. The monoisotopic (exact) mass is 1400 g/mol. The Morgan fingerprint density at radius 2 is 0.876 bits per heavy atom. The Hall–Kier alpha value is -5.37. The van der Waals surface area contributed by atoms with Gasteiger partial charge in [-0.05, 0) is 111 Å². The molecule has 0 saturated carbocycles. The number of hydrogen-bond donors (Lipinski definition) is 18. The third-order valence-corrected chi connectivity index (χ3v) is 15.6. The van der Waals surface area contributed by atoms with Crippen molar-refractivity contribution in [3.8, 4) is 0 Å². The molecular weight excluding hydrogens is 1280 g/mol. The summed E-state index contributed by atoms with van der Waals surface area (Å²) < 4.78 is 34.3. The predicted molar refractivity (Wildman–Crippen MR) is 351 cm³/mol. The van der Waals surface area contributed by atoms with Crippen molar-refractivity contribution in [3.63, 3.8) is 0 Å². The number of amides is 9. The van der Waals surface area contributed by atoms with Gasteiger partial charge in [-0.2, -0.15) is 0 Å². The molecule has 18 N–H and O–H groups in total. The molecule has 97 heavy (non-hydrogen) atoms. The van der Waals surface area contributed by atoms with E-state index in [2.05, 4.69) is 47.9 Å². The van der Waals surface area contributed by atoms with E-state index in [1.54, 1.807) is 0 Å². The lowest BCUT2D eigenvalue weighted by Gasteiger charge is -2.42. The Morgan fingerprint density at radius 3 is 1.30 bits per heavy atom. The molecule has 1 rings (SSSR count). The molecule has 1 fully saturated rings. The van der Waals surface area contributed by atoms with Crippen molar-refractivity contribution in [2.45, 2.75) is 275 Å². The summed E-state index contributed by atoms with van der Waals surface area (Å²) in [5.74, 6) is -3.48. The number of ether oxygens (including phenoxy) is 6. The van der Waals surface area contributed by atoms with Crippen molar-refractivity contribution in [1.29, 1.82) is 0 Å². The third kappa shape index (κ3) is 41.1. The summed E-state index contributed by atoms with van der Waals surface area (Å²) in [4.78, 5) is 115. The van der Waals surface area contributed by atoms with Crippen molar-refractivity contribution in [3.05, 3.63) is 0 Å². The van der Waals surface area contributed by atoms with Crippen LogP contribution in [0.4, 0.5) is 0 Å². The zero-order valence-electron chi connectivity index (χ0n) is 57.9. The number of carbonyl (C=O) groups is 9. The SMILES string of the molecule is CCNC(=O)CCCCCNC(=O)C(CCCCNC(=O)CCCCCOC(OC(CO)[C@@H](C)O)[C@H](CO)NC(C)=O)NC(=O)C(CCCCNC(=O)CCCCCOC(OC(CO)[C@@H](C)O)[C@H](CO)NC(C)=O)NC(=O)CCCCCOC1OC(CO)C(O)[C@H](O)C1NC(C)=O. The minimum Gasteiger partial charge on any atom is -0.394 e. The van der Waals surface area contributed by atoms with E-state index in [1.807, 2.05) is 6.92 Å². The highest BCUT2D eigenvalue weighted by atomic mass is 16.7. The molecule has 0 bridgehead atoms. The molecule has 0 aromatic rings. The molecule has 0 aromatic heterocycles. The summed E-state index contributed by atoms with van der Waals surface area (Å²) in [6, 6.07) is -5.24. The van der Waals surface area contributed by atoms with Gasteiger partial charge in [-0.15, -0.1) is 0 Å². The Balaban J connectivity index is 3.08. The number of nitrogens with one attached hydrogen (secondary N) is 9. The second-order valence-corrected chi connectivity index (χ2v) is 24.3. The van der Waals surface area contributed by atoms with Gasteiger partial charge in [0.15, 0.2) is 18.9 Å². The molecule has 1 saturated heterocycles. The first-order chi connectivity index (χ1) is 46.3. The van der Waals surface area contributed by atoms with Gasteiger partial charge in [0.05, 0.1) is 45.2 Å². The maximum Gasteiger partial charge on any atom is 0.243 e. The van der Waals surface area contributed by atoms with Crippen LogP contribution in [0.3, 0.4) is 0 Å². The van der Waals surface area contributed by atoms with Crippen molar-refractivity contribution in [2.24, 2.45) is 0 Å². The molecule has 1 aliphatic rings. The number of aliphatic hydroxyl groups excluding tert-OH is 9. The molecule has 1 aliphatic heterocycles. The van der Waals surface area contributed by atoms with E-state index < -0.39 is 160 Å². The maximum absolute atomic E-state index is 14.3. The van der Waals surface area contributed by atoms with Crippen LogP contribution >= 0.6 is 0 Å². The fourth-order valence-corrected chi connectivity index (χ4v) is 10.2. The topological polar surface area (TPSA) is 499 Å². The third-order valence-electron chi connectivity index (χ3n) is 15.6. The quantitative estimate of drug-likeness (QED) is 0.0216. The van der Waals surface area contributed by atoms with E-state index >= 15 is 0 Å². The molecule has 0 aromatic carbocycles. The smallest absolute Gasteiger partial charge is 0.243 e. The summed E-state index contributed by atoms with van der Waals surface area (Å²) in [6.45, 7) is 7.19. The molecule has 9 amide bonds. The van der Waals surface area contributed by atoms with Gasteiger partial charge in [0, 0.05) is 92.5 Å². The lowest BCUT2D eigenvalue weighted by molar-refractivity contribution is -0.270. The number of hydrogen-bond acceptors (Lipinski definition) is 24.